The Bertz CT molecular complexity index is 1070. The van der Waals surface area contributed by atoms with Crippen LogP contribution in [0.4, 0.5) is 17.6 Å². The number of anilines is 3. The highest BCUT2D eigenvalue weighted by Gasteiger charge is 2.17. The lowest BCUT2D eigenvalue weighted by atomic mass is 10.1. The normalized spacial score (nSPS) is 13.8. The average molecular weight is 376 g/mol. The van der Waals surface area contributed by atoms with Gasteiger partial charge in [-0.25, -0.2) is 15.0 Å². The van der Waals surface area contributed by atoms with Crippen molar-refractivity contribution in [2.45, 2.75) is 33.6 Å². The van der Waals surface area contributed by atoms with Crippen LogP contribution >= 0.6 is 0 Å². The molecule has 0 aliphatic carbocycles. The molecule has 3 heterocycles. The van der Waals surface area contributed by atoms with Gasteiger partial charge in [-0.05, 0) is 56.9 Å². The minimum Gasteiger partial charge on any atom is -0.341 e. The zero-order chi connectivity index (χ0) is 19.7. The first-order valence-corrected chi connectivity index (χ1v) is 9.54. The second kappa shape index (κ2) is 7.42. The maximum absolute atomic E-state index is 12.2. The van der Waals surface area contributed by atoms with E-state index in [4.69, 9.17) is 0 Å². The van der Waals surface area contributed by atoms with Gasteiger partial charge >= 0.3 is 0 Å². The average Bonchev–Trinajstić information content (AvgIpc) is 3.19. The maximum Gasteiger partial charge on any atom is 0.252 e. The fourth-order valence-electron chi connectivity index (χ4n) is 3.39. The number of rotatable bonds is 4. The zero-order valence-electron chi connectivity index (χ0n) is 16.4. The molecule has 2 N–H and O–H groups in total. The standard InChI is InChI=1S/C21H24N6O/c1-13-6-7-16(10-14(13)2)24-20-25-18(11-19(28)26-20)17-12-22-21(23-15(17)3)27-8-4-5-9-27/h6-7,10-12H,4-5,8-9H2,1-3H3,(H2,24,25,26,28). The molecule has 1 aliphatic heterocycles. The van der Waals surface area contributed by atoms with Crippen LogP contribution in [-0.2, 0) is 0 Å². The van der Waals surface area contributed by atoms with Gasteiger partial charge in [0.05, 0.1) is 11.4 Å². The summed E-state index contributed by atoms with van der Waals surface area (Å²) in [7, 11) is 0. The zero-order valence-corrected chi connectivity index (χ0v) is 16.4. The van der Waals surface area contributed by atoms with Crippen LogP contribution in [0.3, 0.4) is 0 Å². The van der Waals surface area contributed by atoms with Crippen LogP contribution in [0.1, 0.15) is 29.7 Å². The van der Waals surface area contributed by atoms with E-state index in [1.165, 1.54) is 30.0 Å². The van der Waals surface area contributed by atoms with Gasteiger partial charge in [0, 0.05) is 36.6 Å². The Labute approximate surface area is 163 Å². The Kier molecular flexibility index (Phi) is 4.81. The van der Waals surface area contributed by atoms with Crippen LogP contribution in [0.2, 0.25) is 0 Å². The third-order valence-electron chi connectivity index (χ3n) is 5.14. The molecule has 7 nitrogen and oxygen atoms in total. The molecule has 3 aromatic rings. The summed E-state index contributed by atoms with van der Waals surface area (Å²) < 4.78 is 0. The van der Waals surface area contributed by atoms with Crippen molar-refractivity contribution in [1.82, 2.24) is 19.9 Å². The Balaban J connectivity index is 1.65. The third-order valence-corrected chi connectivity index (χ3v) is 5.14. The lowest BCUT2D eigenvalue weighted by molar-refractivity contribution is 0.889. The van der Waals surface area contributed by atoms with Crippen molar-refractivity contribution in [2.24, 2.45) is 0 Å². The minimum absolute atomic E-state index is 0.223. The summed E-state index contributed by atoms with van der Waals surface area (Å²) in [5, 5.41) is 3.18. The Morgan fingerprint density at radius 1 is 1.04 bits per heavy atom. The Morgan fingerprint density at radius 2 is 1.82 bits per heavy atom. The van der Waals surface area contributed by atoms with E-state index in [0.717, 1.165) is 36.0 Å². The quantitative estimate of drug-likeness (QED) is 0.725. The number of aromatic amines is 1. The van der Waals surface area contributed by atoms with Gasteiger partial charge in [0.15, 0.2) is 0 Å². The SMILES string of the molecule is Cc1ccc(Nc2nc(-c3cnc(N4CCCC4)nc3C)cc(=O)[nH]2)cc1C. The first-order valence-electron chi connectivity index (χ1n) is 9.54. The van der Waals surface area contributed by atoms with Crippen molar-refractivity contribution in [3.63, 3.8) is 0 Å². The smallest absolute Gasteiger partial charge is 0.252 e. The van der Waals surface area contributed by atoms with Crippen LogP contribution in [0.25, 0.3) is 11.3 Å². The van der Waals surface area contributed by atoms with E-state index in [1.54, 1.807) is 6.20 Å². The van der Waals surface area contributed by atoms with Gasteiger partial charge in [-0.1, -0.05) is 6.07 Å². The second-order valence-corrected chi connectivity index (χ2v) is 7.27. The lowest BCUT2D eigenvalue weighted by Crippen LogP contribution is -2.20. The van der Waals surface area contributed by atoms with Crippen LogP contribution in [0.5, 0.6) is 0 Å². The second-order valence-electron chi connectivity index (χ2n) is 7.27. The van der Waals surface area contributed by atoms with Gasteiger partial charge in [0.25, 0.3) is 5.56 Å². The number of nitrogens with zero attached hydrogens (tertiary/aromatic N) is 4. The van der Waals surface area contributed by atoms with Gasteiger partial charge in [0.1, 0.15) is 0 Å². The summed E-state index contributed by atoms with van der Waals surface area (Å²) in [4.78, 5) is 30.9. The first-order chi connectivity index (χ1) is 13.5. The Hall–Kier alpha value is -3.22. The van der Waals surface area contributed by atoms with E-state index in [-0.39, 0.29) is 5.56 Å². The molecule has 0 radical (unpaired) electrons. The molecule has 28 heavy (non-hydrogen) atoms. The minimum atomic E-state index is -0.223. The maximum atomic E-state index is 12.2. The highest BCUT2D eigenvalue weighted by molar-refractivity contribution is 5.64. The van der Waals surface area contributed by atoms with E-state index in [1.807, 2.05) is 25.1 Å². The Morgan fingerprint density at radius 3 is 2.54 bits per heavy atom. The number of aryl methyl sites for hydroxylation is 3. The van der Waals surface area contributed by atoms with Gasteiger partial charge in [-0.2, -0.15) is 0 Å². The predicted molar refractivity (Wildman–Crippen MR) is 111 cm³/mol. The molecule has 144 valence electrons. The summed E-state index contributed by atoms with van der Waals surface area (Å²) >= 11 is 0. The van der Waals surface area contributed by atoms with Crippen molar-refractivity contribution < 1.29 is 0 Å². The number of hydrogen-bond acceptors (Lipinski definition) is 6. The van der Waals surface area contributed by atoms with Crippen molar-refractivity contribution in [2.75, 3.05) is 23.3 Å². The first kappa shape index (κ1) is 18.2. The summed E-state index contributed by atoms with van der Waals surface area (Å²) in [5.41, 5.74) is 5.17. The molecule has 1 aromatic carbocycles. The molecule has 2 aromatic heterocycles. The molecular weight excluding hydrogens is 352 g/mol. The van der Waals surface area contributed by atoms with E-state index in [2.05, 4.69) is 44.0 Å². The molecule has 0 amide bonds. The predicted octanol–water partition coefficient (Wildman–Crippen LogP) is 3.50. The third kappa shape index (κ3) is 3.74. The molecule has 0 unspecified atom stereocenters. The fraction of sp³-hybridized carbons (Fsp3) is 0.333. The highest BCUT2D eigenvalue weighted by Crippen LogP contribution is 2.24. The summed E-state index contributed by atoms with van der Waals surface area (Å²) in [6.07, 6.45) is 4.11. The number of H-pyrrole nitrogens is 1. The van der Waals surface area contributed by atoms with Crippen LogP contribution < -0.4 is 15.8 Å². The summed E-state index contributed by atoms with van der Waals surface area (Å²) in [5.74, 6) is 1.14. The number of hydrogen-bond donors (Lipinski definition) is 2. The molecule has 4 rings (SSSR count). The lowest BCUT2D eigenvalue weighted by Gasteiger charge is -2.16. The summed E-state index contributed by atoms with van der Waals surface area (Å²) in [6.45, 7) is 8.03. The molecule has 0 saturated carbocycles. The van der Waals surface area contributed by atoms with Crippen LogP contribution in [0.15, 0.2) is 35.3 Å². The van der Waals surface area contributed by atoms with Crippen molar-refractivity contribution >= 4 is 17.6 Å². The van der Waals surface area contributed by atoms with E-state index < -0.39 is 0 Å². The van der Waals surface area contributed by atoms with Crippen molar-refractivity contribution in [1.29, 1.82) is 0 Å². The van der Waals surface area contributed by atoms with Gasteiger partial charge in [-0.15, -0.1) is 0 Å². The monoisotopic (exact) mass is 376 g/mol. The fourth-order valence-corrected chi connectivity index (χ4v) is 3.39. The topological polar surface area (TPSA) is 86.8 Å². The molecule has 0 spiro atoms. The van der Waals surface area contributed by atoms with E-state index >= 15 is 0 Å². The summed E-state index contributed by atoms with van der Waals surface area (Å²) in [6, 6.07) is 7.51. The van der Waals surface area contributed by atoms with Crippen molar-refractivity contribution in [3.05, 3.63) is 57.6 Å². The number of aromatic nitrogens is 4. The molecule has 0 atom stereocenters. The van der Waals surface area contributed by atoms with Crippen LogP contribution in [-0.4, -0.2) is 33.0 Å². The van der Waals surface area contributed by atoms with Gasteiger partial charge in [0.2, 0.25) is 11.9 Å². The van der Waals surface area contributed by atoms with Gasteiger partial charge in [-0.3, -0.25) is 9.78 Å². The highest BCUT2D eigenvalue weighted by atomic mass is 16.1. The number of nitrogens with one attached hydrogen (secondary N) is 2. The molecule has 0 bridgehead atoms. The van der Waals surface area contributed by atoms with Crippen LogP contribution in [0, 0.1) is 20.8 Å². The molecule has 1 fully saturated rings. The number of benzene rings is 1. The molecule has 7 heteroatoms. The van der Waals surface area contributed by atoms with Gasteiger partial charge < -0.3 is 10.2 Å². The largest absolute Gasteiger partial charge is 0.341 e. The molecular formula is C21H24N6O. The molecule has 1 saturated heterocycles. The van der Waals surface area contributed by atoms with E-state index in [9.17, 15) is 4.79 Å². The molecule has 1 aliphatic rings. The van der Waals surface area contributed by atoms with Crippen molar-refractivity contribution in [3.8, 4) is 11.3 Å². The van der Waals surface area contributed by atoms with E-state index in [0.29, 0.717) is 11.6 Å².